The van der Waals surface area contributed by atoms with Crippen LogP contribution < -0.4 is 5.32 Å². The van der Waals surface area contributed by atoms with Crippen LogP contribution in [0.25, 0.3) is 0 Å². The average Bonchev–Trinajstić information content (AvgIpc) is 3.34. The van der Waals surface area contributed by atoms with Gasteiger partial charge in [-0.3, -0.25) is 4.90 Å². The van der Waals surface area contributed by atoms with Crippen molar-refractivity contribution in [3.63, 3.8) is 0 Å². The predicted molar refractivity (Wildman–Crippen MR) is 86.0 cm³/mol. The van der Waals surface area contributed by atoms with Gasteiger partial charge >= 0.3 is 0 Å². The van der Waals surface area contributed by atoms with E-state index in [-0.39, 0.29) is 0 Å². The summed E-state index contributed by atoms with van der Waals surface area (Å²) in [7, 11) is 0. The Bertz CT molecular complexity index is 294. The number of hydrogen-bond donors (Lipinski definition) is 1. The molecule has 3 atom stereocenters. The van der Waals surface area contributed by atoms with Crippen LogP contribution in [0, 0.1) is 11.8 Å². The van der Waals surface area contributed by atoms with Gasteiger partial charge in [-0.2, -0.15) is 0 Å². The fourth-order valence-electron chi connectivity index (χ4n) is 4.80. The van der Waals surface area contributed by atoms with Gasteiger partial charge in [-0.25, -0.2) is 0 Å². The molecule has 1 saturated heterocycles. The number of piperazine rings is 1. The summed E-state index contributed by atoms with van der Waals surface area (Å²) in [6.45, 7) is 7.38. The van der Waals surface area contributed by atoms with E-state index in [4.69, 9.17) is 0 Å². The second kappa shape index (κ2) is 6.79. The Kier molecular flexibility index (Phi) is 5.04. The van der Waals surface area contributed by atoms with Gasteiger partial charge < -0.3 is 5.32 Å². The van der Waals surface area contributed by atoms with E-state index < -0.39 is 0 Å². The molecule has 20 heavy (non-hydrogen) atoms. The first-order chi connectivity index (χ1) is 9.83. The van der Waals surface area contributed by atoms with Gasteiger partial charge in [-0.15, -0.1) is 0 Å². The molecule has 2 saturated carbocycles. The molecule has 2 aliphatic carbocycles. The van der Waals surface area contributed by atoms with E-state index in [9.17, 15) is 0 Å². The van der Waals surface area contributed by atoms with Crippen LogP contribution >= 0.6 is 0 Å². The summed E-state index contributed by atoms with van der Waals surface area (Å²) >= 11 is 0. The molecular formula is C18H34N2. The molecule has 3 unspecified atom stereocenters. The van der Waals surface area contributed by atoms with Crippen LogP contribution in [0.2, 0.25) is 0 Å². The molecule has 1 heterocycles. The molecule has 3 rings (SSSR count). The summed E-state index contributed by atoms with van der Waals surface area (Å²) in [5.74, 6) is 1.99. The first-order valence-electron chi connectivity index (χ1n) is 9.32. The molecular weight excluding hydrogens is 244 g/mol. The van der Waals surface area contributed by atoms with Gasteiger partial charge in [0.2, 0.25) is 0 Å². The third kappa shape index (κ3) is 3.22. The molecule has 3 fully saturated rings. The lowest BCUT2D eigenvalue weighted by Gasteiger charge is -2.48. The minimum atomic E-state index is 0.789. The SMILES string of the molecule is CCC1CNC(C2CC2)CN1C(CC)C1CCCCC1. The Morgan fingerprint density at radius 2 is 1.80 bits per heavy atom. The number of rotatable bonds is 5. The molecule has 0 aromatic carbocycles. The van der Waals surface area contributed by atoms with Crippen LogP contribution in [-0.2, 0) is 0 Å². The first kappa shape index (κ1) is 14.8. The molecule has 0 bridgehead atoms. The van der Waals surface area contributed by atoms with E-state index in [0.29, 0.717) is 0 Å². The summed E-state index contributed by atoms with van der Waals surface area (Å²) in [6.07, 6.45) is 13.1. The highest BCUT2D eigenvalue weighted by Crippen LogP contribution is 2.37. The van der Waals surface area contributed by atoms with Crippen LogP contribution in [0.5, 0.6) is 0 Å². The molecule has 0 spiro atoms. The quantitative estimate of drug-likeness (QED) is 0.822. The second-order valence-electron chi connectivity index (χ2n) is 7.48. The fraction of sp³-hybridized carbons (Fsp3) is 1.00. The molecule has 2 heteroatoms. The topological polar surface area (TPSA) is 15.3 Å². The maximum absolute atomic E-state index is 3.85. The molecule has 116 valence electrons. The highest BCUT2D eigenvalue weighted by atomic mass is 15.3. The van der Waals surface area contributed by atoms with Crippen molar-refractivity contribution in [2.75, 3.05) is 13.1 Å². The van der Waals surface area contributed by atoms with Crippen molar-refractivity contribution in [1.82, 2.24) is 10.2 Å². The smallest absolute Gasteiger partial charge is 0.0224 e. The van der Waals surface area contributed by atoms with Crippen LogP contribution in [-0.4, -0.2) is 36.1 Å². The summed E-state index contributed by atoms with van der Waals surface area (Å²) < 4.78 is 0. The molecule has 2 nitrogen and oxygen atoms in total. The van der Waals surface area contributed by atoms with E-state index in [1.807, 2.05) is 0 Å². The molecule has 0 amide bonds. The summed E-state index contributed by atoms with van der Waals surface area (Å²) in [6, 6.07) is 2.45. The van der Waals surface area contributed by atoms with Gasteiger partial charge in [0, 0.05) is 31.2 Å². The van der Waals surface area contributed by atoms with Crippen molar-refractivity contribution < 1.29 is 0 Å². The van der Waals surface area contributed by atoms with Crippen LogP contribution in [0.4, 0.5) is 0 Å². The Labute approximate surface area is 125 Å². The minimum absolute atomic E-state index is 0.789. The van der Waals surface area contributed by atoms with Crippen molar-refractivity contribution >= 4 is 0 Å². The predicted octanol–water partition coefficient (Wildman–Crippen LogP) is 3.81. The van der Waals surface area contributed by atoms with Crippen molar-refractivity contribution in [3.8, 4) is 0 Å². The Balaban J connectivity index is 1.67. The largest absolute Gasteiger partial charge is 0.311 e. The normalized spacial score (nSPS) is 35.1. The van der Waals surface area contributed by atoms with Gasteiger partial charge in [-0.1, -0.05) is 33.1 Å². The van der Waals surface area contributed by atoms with E-state index >= 15 is 0 Å². The lowest BCUT2D eigenvalue weighted by molar-refractivity contribution is 0.0320. The summed E-state index contributed by atoms with van der Waals surface area (Å²) in [5.41, 5.74) is 0. The van der Waals surface area contributed by atoms with Crippen LogP contribution in [0.3, 0.4) is 0 Å². The van der Waals surface area contributed by atoms with Crippen molar-refractivity contribution in [3.05, 3.63) is 0 Å². The standard InChI is InChI=1S/C18H34N2/c1-3-16-12-19-17(14-10-11-14)13-20(16)18(4-2)15-8-6-5-7-9-15/h14-19H,3-13H2,1-2H3. The number of nitrogens with zero attached hydrogens (tertiary/aromatic N) is 1. The number of hydrogen-bond acceptors (Lipinski definition) is 2. The van der Waals surface area contributed by atoms with Crippen molar-refractivity contribution in [1.29, 1.82) is 0 Å². The van der Waals surface area contributed by atoms with Crippen molar-refractivity contribution in [2.24, 2.45) is 11.8 Å². The van der Waals surface area contributed by atoms with E-state index in [2.05, 4.69) is 24.1 Å². The molecule has 0 radical (unpaired) electrons. The van der Waals surface area contributed by atoms with Gasteiger partial charge in [0.05, 0.1) is 0 Å². The molecule has 1 N–H and O–H groups in total. The first-order valence-corrected chi connectivity index (χ1v) is 9.32. The lowest BCUT2D eigenvalue weighted by Crippen LogP contribution is -2.61. The van der Waals surface area contributed by atoms with E-state index in [1.165, 1.54) is 70.9 Å². The third-order valence-corrected chi connectivity index (χ3v) is 6.19. The third-order valence-electron chi connectivity index (χ3n) is 6.19. The zero-order valence-corrected chi connectivity index (χ0v) is 13.6. The van der Waals surface area contributed by atoms with Gasteiger partial charge in [0.1, 0.15) is 0 Å². The van der Waals surface area contributed by atoms with E-state index in [0.717, 1.165) is 30.0 Å². The Hall–Kier alpha value is -0.0800. The number of nitrogens with one attached hydrogen (secondary N) is 1. The zero-order chi connectivity index (χ0) is 13.9. The minimum Gasteiger partial charge on any atom is -0.311 e. The maximum atomic E-state index is 3.85. The molecule has 0 aromatic rings. The Morgan fingerprint density at radius 3 is 2.40 bits per heavy atom. The molecule has 3 aliphatic rings. The second-order valence-corrected chi connectivity index (χ2v) is 7.48. The van der Waals surface area contributed by atoms with Crippen LogP contribution in [0.15, 0.2) is 0 Å². The summed E-state index contributed by atoms with van der Waals surface area (Å²) in [5, 5.41) is 3.85. The summed E-state index contributed by atoms with van der Waals surface area (Å²) in [4.78, 5) is 2.94. The van der Waals surface area contributed by atoms with Crippen LogP contribution in [0.1, 0.15) is 71.6 Å². The monoisotopic (exact) mass is 278 g/mol. The molecule has 0 aromatic heterocycles. The van der Waals surface area contributed by atoms with Crippen molar-refractivity contribution in [2.45, 2.75) is 89.8 Å². The van der Waals surface area contributed by atoms with Gasteiger partial charge in [0.25, 0.3) is 0 Å². The molecule has 1 aliphatic heterocycles. The van der Waals surface area contributed by atoms with Gasteiger partial charge in [0.15, 0.2) is 0 Å². The zero-order valence-electron chi connectivity index (χ0n) is 13.6. The maximum Gasteiger partial charge on any atom is 0.0224 e. The van der Waals surface area contributed by atoms with Gasteiger partial charge in [-0.05, 0) is 50.4 Å². The van der Waals surface area contributed by atoms with E-state index in [1.54, 1.807) is 0 Å². The highest BCUT2D eigenvalue weighted by molar-refractivity contribution is 4.97. The average molecular weight is 278 g/mol. The fourth-order valence-corrected chi connectivity index (χ4v) is 4.80. The highest BCUT2D eigenvalue weighted by Gasteiger charge is 2.40. The Morgan fingerprint density at radius 1 is 1.05 bits per heavy atom. The lowest BCUT2D eigenvalue weighted by atomic mass is 9.81.